The molecule has 2 aliphatic rings. The van der Waals surface area contributed by atoms with Crippen LogP contribution in [-0.2, 0) is 6.42 Å². The molecule has 0 aliphatic carbocycles. The normalized spacial score (nSPS) is 17.7. The highest BCUT2D eigenvalue weighted by Gasteiger charge is 2.38. The summed E-state index contributed by atoms with van der Waals surface area (Å²) in [6.07, 6.45) is 2.57. The molecule has 0 saturated carbocycles. The number of para-hydroxylation sites is 1. The number of pyridine rings is 1. The van der Waals surface area contributed by atoms with E-state index in [1.54, 1.807) is 6.20 Å². The summed E-state index contributed by atoms with van der Waals surface area (Å²) in [5.41, 5.74) is 4.24. The highest BCUT2D eigenvalue weighted by Crippen LogP contribution is 2.43. The number of nitrogens with one attached hydrogen (secondary N) is 1. The van der Waals surface area contributed by atoms with Crippen LogP contribution < -0.4 is 9.47 Å². The Bertz CT molecular complexity index is 1250. The van der Waals surface area contributed by atoms with Crippen molar-refractivity contribution in [3.05, 3.63) is 75.9 Å². The van der Waals surface area contributed by atoms with Crippen molar-refractivity contribution in [1.82, 2.24) is 14.9 Å². The first-order valence-corrected chi connectivity index (χ1v) is 10.9. The van der Waals surface area contributed by atoms with Gasteiger partial charge in [-0.3, -0.25) is 9.78 Å². The van der Waals surface area contributed by atoms with Gasteiger partial charge in [0.2, 0.25) is 0 Å². The number of thiophene rings is 1. The number of fused-ring (bicyclic) bond motifs is 4. The molecule has 6 rings (SSSR count). The van der Waals surface area contributed by atoms with Crippen molar-refractivity contribution in [1.29, 1.82) is 0 Å². The molecule has 0 fully saturated rings. The molecular formula is C23H19N3O3S. The van der Waals surface area contributed by atoms with Crippen LogP contribution in [0.3, 0.4) is 0 Å². The number of amides is 1. The lowest BCUT2D eigenvalue weighted by atomic mass is 9.94. The van der Waals surface area contributed by atoms with Crippen molar-refractivity contribution < 1.29 is 14.3 Å². The van der Waals surface area contributed by atoms with Crippen molar-refractivity contribution in [3.8, 4) is 11.5 Å². The fourth-order valence-electron chi connectivity index (χ4n) is 4.45. The van der Waals surface area contributed by atoms with Gasteiger partial charge in [-0.15, -0.1) is 11.3 Å². The molecule has 0 saturated heterocycles. The van der Waals surface area contributed by atoms with Gasteiger partial charge in [0.1, 0.15) is 24.1 Å². The minimum Gasteiger partial charge on any atom is -0.485 e. The van der Waals surface area contributed by atoms with Gasteiger partial charge in [-0.1, -0.05) is 24.3 Å². The topological polar surface area (TPSA) is 67.5 Å². The summed E-state index contributed by atoms with van der Waals surface area (Å²) >= 11 is 1.38. The third kappa shape index (κ3) is 2.62. The number of hydrogen-bond donors (Lipinski definition) is 1. The van der Waals surface area contributed by atoms with Gasteiger partial charge in [0, 0.05) is 34.7 Å². The molecule has 5 heterocycles. The monoisotopic (exact) mass is 417 g/mol. The lowest BCUT2D eigenvalue weighted by molar-refractivity contribution is 0.0685. The number of H-pyrrole nitrogens is 1. The van der Waals surface area contributed by atoms with Crippen LogP contribution in [0.4, 0.5) is 0 Å². The Morgan fingerprint density at radius 3 is 2.90 bits per heavy atom. The third-order valence-corrected chi connectivity index (χ3v) is 6.69. The maximum atomic E-state index is 13.7. The highest BCUT2D eigenvalue weighted by atomic mass is 32.1. The first-order valence-electron chi connectivity index (χ1n) is 9.99. The Kier molecular flexibility index (Phi) is 4.02. The Morgan fingerprint density at radius 2 is 2.00 bits per heavy atom. The molecule has 1 amide bonds. The number of nitrogens with zero attached hydrogens (tertiary/aromatic N) is 2. The van der Waals surface area contributed by atoms with Gasteiger partial charge >= 0.3 is 0 Å². The smallest absolute Gasteiger partial charge is 0.268 e. The maximum Gasteiger partial charge on any atom is 0.268 e. The molecule has 1 N–H and O–H groups in total. The predicted molar refractivity (Wildman–Crippen MR) is 114 cm³/mol. The molecule has 0 spiro atoms. The Balaban J connectivity index is 1.48. The number of ether oxygens (including phenoxy) is 2. The van der Waals surface area contributed by atoms with Crippen molar-refractivity contribution in [2.45, 2.75) is 12.5 Å². The summed E-state index contributed by atoms with van der Waals surface area (Å²) in [7, 11) is 0. The summed E-state index contributed by atoms with van der Waals surface area (Å²) in [6.45, 7) is 1.58. The summed E-state index contributed by atoms with van der Waals surface area (Å²) in [6, 6.07) is 13.9. The minimum atomic E-state index is -0.280. The number of aromatic amines is 1. The Morgan fingerprint density at radius 1 is 1.13 bits per heavy atom. The van der Waals surface area contributed by atoms with Crippen molar-refractivity contribution >= 4 is 28.1 Å². The molecule has 150 valence electrons. The van der Waals surface area contributed by atoms with E-state index >= 15 is 0 Å². The summed E-state index contributed by atoms with van der Waals surface area (Å²) in [5.74, 6) is 1.18. The van der Waals surface area contributed by atoms with Gasteiger partial charge in [0.15, 0.2) is 11.5 Å². The van der Waals surface area contributed by atoms with Crippen LogP contribution in [0.1, 0.15) is 32.7 Å². The van der Waals surface area contributed by atoms with E-state index in [2.05, 4.69) is 28.2 Å². The standard InChI is InChI=1S/C23H19N3O3S/c27-23(22-21-18(13-30-22)28-11-12-29-21)26-10-8-15-14-5-1-2-6-16(14)25-19(15)20(26)17-7-3-4-9-24-17/h1-7,9,13,20,25H,8,10-12H2. The second kappa shape index (κ2) is 6.88. The number of carbonyl (C=O) groups is 1. The quantitative estimate of drug-likeness (QED) is 0.531. The molecule has 30 heavy (non-hydrogen) atoms. The maximum absolute atomic E-state index is 13.7. The Labute approximate surface area is 177 Å². The summed E-state index contributed by atoms with van der Waals surface area (Å²) < 4.78 is 11.4. The second-order valence-electron chi connectivity index (χ2n) is 7.42. The van der Waals surface area contributed by atoms with Crippen LogP contribution in [0.15, 0.2) is 54.0 Å². The molecule has 4 aromatic rings. The van der Waals surface area contributed by atoms with Crippen molar-refractivity contribution in [3.63, 3.8) is 0 Å². The average molecular weight is 417 g/mol. The van der Waals surface area contributed by atoms with E-state index in [1.807, 2.05) is 34.5 Å². The number of benzene rings is 1. The van der Waals surface area contributed by atoms with E-state index in [4.69, 9.17) is 9.47 Å². The van der Waals surface area contributed by atoms with E-state index in [9.17, 15) is 4.79 Å². The molecule has 3 aromatic heterocycles. The van der Waals surface area contributed by atoms with Crippen LogP contribution in [0.25, 0.3) is 10.9 Å². The number of carbonyl (C=O) groups excluding carboxylic acids is 1. The van der Waals surface area contributed by atoms with Crippen LogP contribution in [-0.4, -0.2) is 40.5 Å². The van der Waals surface area contributed by atoms with Crippen LogP contribution in [0.2, 0.25) is 0 Å². The van der Waals surface area contributed by atoms with E-state index in [1.165, 1.54) is 22.3 Å². The number of rotatable bonds is 2. The highest BCUT2D eigenvalue weighted by molar-refractivity contribution is 7.12. The number of aromatic nitrogens is 2. The van der Waals surface area contributed by atoms with Crippen LogP contribution in [0.5, 0.6) is 11.5 Å². The van der Waals surface area contributed by atoms with Crippen molar-refractivity contribution in [2.75, 3.05) is 19.8 Å². The second-order valence-corrected chi connectivity index (χ2v) is 8.30. The molecule has 7 heteroatoms. The fourth-order valence-corrected chi connectivity index (χ4v) is 5.33. The largest absolute Gasteiger partial charge is 0.485 e. The fraction of sp³-hybridized carbons (Fsp3) is 0.217. The zero-order valence-electron chi connectivity index (χ0n) is 16.1. The van der Waals surface area contributed by atoms with E-state index in [0.29, 0.717) is 36.1 Å². The summed E-state index contributed by atoms with van der Waals surface area (Å²) in [5, 5.41) is 3.07. The van der Waals surface area contributed by atoms with Gasteiger partial charge in [0.05, 0.1) is 5.69 Å². The van der Waals surface area contributed by atoms with Gasteiger partial charge in [0.25, 0.3) is 5.91 Å². The van der Waals surface area contributed by atoms with E-state index in [-0.39, 0.29) is 11.9 Å². The zero-order chi connectivity index (χ0) is 20.1. The predicted octanol–water partition coefficient (Wildman–Crippen LogP) is 4.18. The first kappa shape index (κ1) is 17.5. The SMILES string of the molecule is O=C(c1scc2c1OCCO2)N1CCc2c([nH]c3ccccc23)C1c1ccccn1. The average Bonchev–Trinajstić information content (AvgIpc) is 3.40. The molecule has 0 bridgehead atoms. The third-order valence-electron chi connectivity index (χ3n) is 5.76. The molecule has 2 aliphatic heterocycles. The minimum absolute atomic E-state index is 0.0493. The van der Waals surface area contributed by atoms with Crippen molar-refractivity contribution in [2.24, 2.45) is 0 Å². The molecule has 1 atom stereocenters. The van der Waals surface area contributed by atoms with Gasteiger partial charge in [-0.05, 0) is 30.2 Å². The van der Waals surface area contributed by atoms with Crippen LogP contribution in [0, 0.1) is 0 Å². The lowest BCUT2D eigenvalue weighted by Gasteiger charge is -2.35. The van der Waals surface area contributed by atoms with Gasteiger partial charge in [-0.2, -0.15) is 0 Å². The van der Waals surface area contributed by atoms with E-state index < -0.39 is 0 Å². The summed E-state index contributed by atoms with van der Waals surface area (Å²) in [4.78, 5) is 24.4. The van der Waals surface area contributed by atoms with Gasteiger partial charge in [-0.25, -0.2) is 0 Å². The zero-order valence-corrected chi connectivity index (χ0v) is 16.9. The lowest BCUT2D eigenvalue weighted by Crippen LogP contribution is -2.40. The molecule has 1 unspecified atom stereocenters. The van der Waals surface area contributed by atoms with Gasteiger partial charge < -0.3 is 19.4 Å². The first-order chi connectivity index (χ1) is 14.8. The molecule has 1 aromatic carbocycles. The van der Waals surface area contributed by atoms with Crippen LogP contribution >= 0.6 is 11.3 Å². The molecular weight excluding hydrogens is 398 g/mol. The molecule has 0 radical (unpaired) electrons. The Hall–Kier alpha value is -3.32. The molecule has 6 nitrogen and oxygen atoms in total. The number of hydrogen-bond acceptors (Lipinski definition) is 5. The van der Waals surface area contributed by atoms with E-state index in [0.717, 1.165) is 23.3 Å².